The Morgan fingerprint density at radius 2 is 2.21 bits per heavy atom. The van der Waals surface area contributed by atoms with Gasteiger partial charge in [0.25, 0.3) is 0 Å². The fourth-order valence-corrected chi connectivity index (χ4v) is 1.98. The second-order valence-corrected chi connectivity index (χ2v) is 4.07. The third-order valence-electron chi connectivity index (χ3n) is 2.89. The molecule has 0 bridgehead atoms. The van der Waals surface area contributed by atoms with Gasteiger partial charge in [-0.25, -0.2) is 9.67 Å². The molecular formula is C13H15N3O3. The SMILES string of the molecule is CCOCCc1ncnn1-c1ccc2c(c1)OCO2. The number of hydrogen-bond donors (Lipinski definition) is 0. The van der Waals surface area contributed by atoms with Gasteiger partial charge in [0, 0.05) is 19.1 Å². The van der Waals surface area contributed by atoms with Gasteiger partial charge in [0.1, 0.15) is 12.2 Å². The van der Waals surface area contributed by atoms with E-state index in [4.69, 9.17) is 14.2 Å². The fourth-order valence-electron chi connectivity index (χ4n) is 1.98. The van der Waals surface area contributed by atoms with Gasteiger partial charge >= 0.3 is 0 Å². The Balaban J connectivity index is 1.84. The number of rotatable bonds is 5. The summed E-state index contributed by atoms with van der Waals surface area (Å²) in [5, 5.41) is 4.24. The van der Waals surface area contributed by atoms with Crippen molar-refractivity contribution in [3.63, 3.8) is 0 Å². The van der Waals surface area contributed by atoms with E-state index < -0.39 is 0 Å². The first-order valence-corrected chi connectivity index (χ1v) is 6.25. The van der Waals surface area contributed by atoms with E-state index in [-0.39, 0.29) is 6.79 Å². The van der Waals surface area contributed by atoms with Crippen LogP contribution in [0, 0.1) is 0 Å². The average molecular weight is 261 g/mol. The first-order valence-electron chi connectivity index (χ1n) is 6.25. The van der Waals surface area contributed by atoms with E-state index in [9.17, 15) is 0 Å². The van der Waals surface area contributed by atoms with Crippen molar-refractivity contribution in [1.29, 1.82) is 0 Å². The normalized spacial score (nSPS) is 12.9. The molecule has 0 unspecified atom stereocenters. The van der Waals surface area contributed by atoms with Crippen LogP contribution >= 0.6 is 0 Å². The van der Waals surface area contributed by atoms with Crippen LogP contribution in [-0.4, -0.2) is 34.8 Å². The average Bonchev–Trinajstić information content (AvgIpc) is 3.06. The number of benzene rings is 1. The Morgan fingerprint density at radius 3 is 3.11 bits per heavy atom. The van der Waals surface area contributed by atoms with Gasteiger partial charge in [-0.3, -0.25) is 0 Å². The summed E-state index contributed by atoms with van der Waals surface area (Å²) in [5.41, 5.74) is 0.910. The highest BCUT2D eigenvalue weighted by Gasteiger charge is 2.15. The van der Waals surface area contributed by atoms with Gasteiger partial charge in [0.05, 0.1) is 12.3 Å². The van der Waals surface area contributed by atoms with E-state index in [2.05, 4.69) is 10.1 Å². The molecule has 0 fully saturated rings. The molecule has 1 aromatic heterocycles. The largest absolute Gasteiger partial charge is 0.454 e. The van der Waals surface area contributed by atoms with E-state index >= 15 is 0 Å². The smallest absolute Gasteiger partial charge is 0.231 e. The summed E-state index contributed by atoms with van der Waals surface area (Å²) in [5.74, 6) is 2.37. The molecule has 2 aromatic rings. The second kappa shape index (κ2) is 5.27. The van der Waals surface area contributed by atoms with Crippen LogP contribution in [0.25, 0.3) is 5.69 Å². The molecule has 19 heavy (non-hydrogen) atoms. The van der Waals surface area contributed by atoms with Crippen molar-refractivity contribution >= 4 is 0 Å². The molecule has 6 heteroatoms. The van der Waals surface area contributed by atoms with Gasteiger partial charge in [-0.2, -0.15) is 5.10 Å². The van der Waals surface area contributed by atoms with E-state index in [0.717, 1.165) is 29.4 Å². The molecule has 0 spiro atoms. The topological polar surface area (TPSA) is 58.4 Å². The fraction of sp³-hybridized carbons (Fsp3) is 0.385. The zero-order valence-corrected chi connectivity index (χ0v) is 10.7. The van der Waals surface area contributed by atoms with Gasteiger partial charge in [0.2, 0.25) is 6.79 Å². The van der Waals surface area contributed by atoms with Crippen LogP contribution in [0.15, 0.2) is 24.5 Å². The molecule has 3 rings (SSSR count). The summed E-state index contributed by atoms with van der Waals surface area (Å²) in [6.45, 7) is 3.59. The van der Waals surface area contributed by atoms with Crippen molar-refractivity contribution in [3.8, 4) is 17.2 Å². The van der Waals surface area contributed by atoms with E-state index in [0.29, 0.717) is 13.2 Å². The minimum Gasteiger partial charge on any atom is -0.454 e. The summed E-state index contributed by atoms with van der Waals surface area (Å²) >= 11 is 0. The zero-order chi connectivity index (χ0) is 13.1. The third kappa shape index (κ3) is 2.39. The molecular weight excluding hydrogens is 246 g/mol. The van der Waals surface area contributed by atoms with Crippen molar-refractivity contribution in [2.75, 3.05) is 20.0 Å². The molecule has 0 atom stereocenters. The quantitative estimate of drug-likeness (QED) is 0.765. The molecule has 1 aromatic carbocycles. The van der Waals surface area contributed by atoms with Crippen LogP contribution in [0.2, 0.25) is 0 Å². The molecule has 0 amide bonds. The van der Waals surface area contributed by atoms with Crippen LogP contribution in [0.3, 0.4) is 0 Å². The van der Waals surface area contributed by atoms with Crippen molar-refractivity contribution in [2.45, 2.75) is 13.3 Å². The lowest BCUT2D eigenvalue weighted by Gasteiger charge is -2.07. The van der Waals surface area contributed by atoms with E-state index in [1.54, 1.807) is 11.0 Å². The molecule has 0 radical (unpaired) electrons. The molecule has 0 aliphatic carbocycles. The van der Waals surface area contributed by atoms with Crippen LogP contribution < -0.4 is 9.47 Å². The Bertz CT molecular complexity index is 568. The number of nitrogens with zero attached hydrogens (tertiary/aromatic N) is 3. The lowest BCUT2D eigenvalue weighted by atomic mass is 10.2. The highest BCUT2D eigenvalue weighted by Crippen LogP contribution is 2.33. The maximum atomic E-state index is 5.37. The Kier molecular flexibility index (Phi) is 3.33. The number of ether oxygens (including phenoxy) is 3. The minimum atomic E-state index is 0.271. The molecule has 1 aliphatic heterocycles. The Morgan fingerprint density at radius 1 is 1.32 bits per heavy atom. The van der Waals surface area contributed by atoms with Crippen LogP contribution in [0.4, 0.5) is 0 Å². The van der Waals surface area contributed by atoms with Gasteiger partial charge in [-0.05, 0) is 19.1 Å². The summed E-state index contributed by atoms with van der Waals surface area (Å²) in [6.07, 6.45) is 2.27. The predicted molar refractivity (Wildman–Crippen MR) is 67.7 cm³/mol. The Hall–Kier alpha value is -2.08. The number of aromatic nitrogens is 3. The predicted octanol–water partition coefficient (Wildman–Crippen LogP) is 1.57. The molecule has 0 saturated carbocycles. The lowest BCUT2D eigenvalue weighted by molar-refractivity contribution is 0.149. The van der Waals surface area contributed by atoms with Crippen molar-refractivity contribution < 1.29 is 14.2 Å². The Labute approximate surface area is 110 Å². The first-order chi connectivity index (χ1) is 9.38. The van der Waals surface area contributed by atoms with Crippen LogP contribution in [0.5, 0.6) is 11.5 Å². The van der Waals surface area contributed by atoms with Crippen LogP contribution in [0.1, 0.15) is 12.7 Å². The molecule has 6 nitrogen and oxygen atoms in total. The zero-order valence-electron chi connectivity index (χ0n) is 10.7. The summed E-state index contributed by atoms with van der Waals surface area (Å²) in [6, 6.07) is 5.72. The highest BCUT2D eigenvalue weighted by atomic mass is 16.7. The summed E-state index contributed by atoms with van der Waals surface area (Å²) in [4.78, 5) is 4.26. The van der Waals surface area contributed by atoms with Gasteiger partial charge in [-0.1, -0.05) is 0 Å². The van der Waals surface area contributed by atoms with E-state index in [1.807, 2.05) is 25.1 Å². The standard InChI is InChI=1S/C13H15N3O3/c1-2-17-6-5-13-14-8-15-16(13)10-3-4-11-12(7-10)19-9-18-11/h3-4,7-8H,2,5-6,9H2,1H3. The second-order valence-electron chi connectivity index (χ2n) is 4.07. The summed E-state index contributed by atoms with van der Waals surface area (Å²) < 4.78 is 17.8. The van der Waals surface area contributed by atoms with Crippen molar-refractivity contribution in [1.82, 2.24) is 14.8 Å². The highest BCUT2D eigenvalue weighted by molar-refractivity contribution is 5.49. The molecule has 1 aliphatic rings. The number of hydrogen-bond acceptors (Lipinski definition) is 5. The van der Waals surface area contributed by atoms with Crippen LogP contribution in [-0.2, 0) is 11.2 Å². The maximum Gasteiger partial charge on any atom is 0.231 e. The molecule has 0 saturated heterocycles. The maximum absolute atomic E-state index is 5.37. The van der Waals surface area contributed by atoms with Crippen molar-refractivity contribution in [2.24, 2.45) is 0 Å². The lowest BCUT2D eigenvalue weighted by Crippen LogP contribution is -2.07. The minimum absolute atomic E-state index is 0.271. The molecule has 0 N–H and O–H groups in total. The summed E-state index contributed by atoms with van der Waals surface area (Å²) in [7, 11) is 0. The van der Waals surface area contributed by atoms with Gasteiger partial charge < -0.3 is 14.2 Å². The van der Waals surface area contributed by atoms with Crippen molar-refractivity contribution in [3.05, 3.63) is 30.4 Å². The monoisotopic (exact) mass is 261 g/mol. The molecule has 2 heterocycles. The first kappa shape index (κ1) is 12.0. The number of fused-ring (bicyclic) bond motifs is 1. The molecule has 100 valence electrons. The van der Waals surface area contributed by atoms with Gasteiger partial charge in [-0.15, -0.1) is 0 Å². The van der Waals surface area contributed by atoms with Gasteiger partial charge in [0.15, 0.2) is 11.5 Å². The van der Waals surface area contributed by atoms with E-state index in [1.165, 1.54) is 0 Å². The third-order valence-corrected chi connectivity index (χ3v) is 2.89.